The molecule has 3 rings (SSSR count). The predicted molar refractivity (Wildman–Crippen MR) is 91.9 cm³/mol. The highest BCUT2D eigenvalue weighted by molar-refractivity contribution is 6.35. The van der Waals surface area contributed by atoms with Crippen molar-refractivity contribution in [3.63, 3.8) is 0 Å². The van der Waals surface area contributed by atoms with Crippen molar-refractivity contribution in [2.24, 2.45) is 0 Å². The zero-order valence-corrected chi connectivity index (χ0v) is 16.7. The molecule has 1 aromatic heterocycles. The van der Waals surface area contributed by atoms with Crippen LogP contribution in [0.5, 0.6) is 0 Å². The summed E-state index contributed by atoms with van der Waals surface area (Å²) in [5, 5.41) is 4.35. The Labute approximate surface area is 180 Å². The van der Waals surface area contributed by atoms with Gasteiger partial charge in [-0.2, -0.15) is 13.9 Å². The molecule has 15 heteroatoms. The molecule has 1 fully saturated rings. The summed E-state index contributed by atoms with van der Waals surface area (Å²) in [6.07, 6.45) is -13.2. The SMILES string of the molecule is FC(OC(F)(F)F)C(F)(F)OCC1COC(Cn2cncn2)(c2ccc(Cl)cc2Cl)O1. The normalized spacial score (nSPS) is 23.3. The Morgan fingerprint density at radius 3 is 2.61 bits per heavy atom. The van der Waals surface area contributed by atoms with E-state index in [9.17, 15) is 26.3 Å². The van der Waals surface area contributed by atoms with Gasteiger partial charge in [0.05, 0.1) is 18.2 Å². The van der Waals surface area contributed by atoms with Crippen LogP contribution in [0.2, 0.25) is 10.0 Å². The molecule has 172 valence electrons. The topological polar surface area (TPSA) is 67.6 Å². The molecule has 0 spiro atoms. The molecule has 0 saturated carbocycles. The van der Waals surface area contributed by atoms with Gasteiger partial charge in [0, 0.05) is 10.6 Å². The number of aromatic nitrogens is 3. The van der Waals surface area contributed by atoms with E-state index in [1.165, 1.54) is 35.5 Å². The van der Waals surface area contributed by atoms with Gasteiger partial charge < -0.3 is 14.2 Å². The minimum Gasteiger partial charge on any atom is -0.342 e. The third kappa shape index (κ3) is 5.99. The number of nitrogens with zero attached hydrogens (tertiary/aromatic N) is 3. The van der Waals surface area contributed by atoms with Crippen molar-refractivity contribution >= 4 is 23.2 Å². The summed E-state index contributed by atoms with van der Waals surface area (Å²) in [7, 11) is 0. The number of alkyl halides is 6. The second-order valence-corrected chi connectivity index (χ2v) is 7.12. The highest BCUT2D eigenvalue weighted by Gasteiger charge is 2.51. The first-order chi connectivity index (χ1) is 14.4. The van der Waals surface area contributed by atoms with Crippen LogP contribution in [0.4, 0.5) is 26.3 Å². The summed E-state index contributed by atoms with van der Waals surface area (Å²) >= 11 is 12.1. The van der Waals surface area contributed by atoms with Gasteiger partial charge in [-0.05, 0) is 12.1 Å². The summed E-state index contributed by atoms with van der Waals surface area (Å²) < 4.78 is 95.6. The zero-order valence-electron chi connectivity index (χ0n) is 15.2. The fourth-order valence-corrected chi connectivity index (χ4v) is 3.29. The van der Waals surface area contributed by atoms with E-state index < -0.39 is 37.3 Å². The molecule has 3 unspecified atom stereocenters. The first kappa shape index (κ1) is 24.0. The molecule has 2 heterocycles. The van der Waals surface area contributed by atoms with Crippen molar-refractivity contribution in [1.82, 2.24) is 14.8 Å². The maximum absolute atomic E-state index is 13.6. The smallest absolute Gasteiger partial charge is 0.342 e. The summed E-state index contributed by atoms with van der Waals surface area (Å²) in [5.74, 6) is -1.64. The van der Waals surface area contributed by atoms with Gasteiger partial charge >= 0.3 is 12.5 Å². The lowest BCUT2D eigenvalue weighted by Gasteiger charge is -2.29. The minimum atomic E-state index is -5.61. The second-order valence-electron chi connectivity index (χ2n) is 6.27. The van der Waals surface area contributed by atoms with Crippen molar-refractivity contribution in [3.05, 3.63) is 46.5 Å². The summed E-state index contributed by atoms with van der Waals surface area (Å²) in [6.45, 7) is -1.47. The highest BCUT2D eigenvalue weighted by atomic mass is 35.5. The number of rotatable bonds is 8. The van der Waals surface area contributed by atoms with Gasteiger partial charge in [0.25, 0.3) is 6.36 Å². The molecule has 1 aliphatic rings. The van der Waals surface area contributed by atoms with Gasteiger partial charge in [-0.15, -0.1) is 13.2 Å². The van der Waals surface area contributed by atoms with Crippen molar-refractivity contribution in [2.45, 2.75) is 37.3 Å². The van der Waals surface area contributed by atoms with Crippen LogP contribution in [0.25, 0.3) is 0 Å². The van der Waals surface area contributed by atoms with Crippen LogP contribution >= 0.6 is 23.2 Å². The van der Waals surface area contributed by atoms with Crippen LogP contribution in [-0.4, -0.2) is 52.9 Å². The van der Waals surface area contributed by atoms with Gasteiger partial charge in [-0.1, -0.05) is 29.3 Å². The van der Waals surface area contributed by atoms with Crippen LogP contribution in [0.15, 0.2) is 30.9 Å². The lowest BCUT2D eigenvalue weighted by Crippen LogP contribution is -2.41. The van der Waals surface area contributed by atoms with E-state index in [1.807, 2.05) is 0 Å². The number of benzene rings is 1. The standard InChI is InChI=1S/C16H13Cl2F6N3O4/c17-9-1-2-11(12(18)3-9)14(6-27-8-25-7-26-27)28-4-10(30-14)5-29-15(20,21)13(19)31-16(22,23)24/h1-3,7-8,10,13H,4-6H2. The average molecular weight is 496 g/mol. The molecule has 0 aliphatic carbocycles. The van der Waals surface area contributed by atoms with E-state index in [0.29, 0.717) is 5.02 Å². The van der Waals surface area contributed by atoms with Gasteiger partial charge in [0.1, 0.15) is 25.3 Å². The summed E-state index contributed by atoms with van der Waals surface area (Å²) in [4.78, 5) is 3.78. The predicted octanol–water partition coefficient (Wildman–Crippen LogP) is 4.29. The third-order valence-electron chi connectivity index (χ3n) is 4.00. The van der Waals surface area contributed by atoms with E-state index in [-0.39, 0.29) is 23.7 Å². The molecule has 1 aromatic carbocycles. The van der Waals surface area contributed by atoms with Crippen LogP contribution in [-0.2, 0) is 31.3 Å². The van der Waals surface area contributed by atoms with Crippen LogP contribution in [0.3, 0.4) is 0 Å². The molecule has 1 saturated heterocycles. The fraction of sp³-hybridized carbons (Fsp3) is 0.500. The minimum absolute atomic E-state index is 0.121. The number of halogens is 8. The van der Waals surface area contributed by atoms with E-state index in [1.54, 1.807) is 0 Å². The van der Waals surface area contributed by atoms with Crippen molar-refractivity contribution in [1.29, 1.82) is 0 Å². The maximum atomic E-state index is 13.6. The quantitative estimate of drug-likeness (QED) is 0.509. The Balaban J connectivity index is 1.74. The summed E-state index contributed by atoms with van der Waals surface area (Å²) in [5.41, 5.74) is 0.270. The molecular formula is C16H13Cl2F6N3O4. The van der Waals surface area contributed by atoms with Crippen molar-refractivity contribution < 1.29 is 45.3 Å². The molecule has 3 atom stereocenters. The molecule has 0 N–H and O–H groups in total. The van der Waals surface area contributed by atoms with E-state index in [0.717, 1.165) is 0 Å². The maximum Gasteiger partial charge on any atom is 0.525 e. The monoisotopic (exact) mass is 495 g/mol. The molecule has 0 amide bonds. The van der Waals surface area contributed by atoms with E-state index in [4.69, 9.17) is 32.7 Å². The highest BCUT2D eigenvalue weighted by Crippen LogP contribution is 2.41. The Kier molecular flexibility index (Phi) is 7.03. The third-order valence-corrected chi connectivity index (χ3v) is 4.55. The number of hydrogen-bond donors (Lipinski definition) is 0. The van der Waals surface area contributed by atoms with Crippen LogP contribution < -0.4 is 0 Å². The van der Waals surface area contributed by atoms with Gasteiger partial charge in [-0.25, -0.2) is 18.8 Å². The fourth-order valence-electron chi connectivity index (χ4n) is 2.74. The zero-order chi connectivity index (χ0) is 22.9. The Morgan fingerprint density at radius 1 is 1.26 bits per heavy atom. The first-order valence-electron chi connectivity index (χ1n) is 8.40. The Morgan fingerprint density at radius 2 is 2.00 bits per heavy atom. The second kappa shape index (κ2) is 9.08. The largest absolute Gasteiger partial charge is 0.525 e. The van der Waals surface area contributed by atoms with Crippen LogP contribution in [0.1, 0.15) is 5.56 Å². The van der Waals surface area contributed by atoms with Crippen LogP contribution in [0, 0.1) is 0 Å². The molecule has 0 radical (unpaired) electrons. The molecule has 1 aliphatic heterocycles. The first-order valence-corrected chi connectivity index (χ1v) is 9.16. The van der Waals surface area contributed by atoms with Gasteiger partial charge in [0.15, 0.2) is 0 Å². The van der Waals surface area contributed by atoms with Crippen molar-refractivity contribution in [2.75, 3.05) is 13.2 Å². The lowest BCUT2D eigenvalue weighted by molar-refractivity contribution is -0.424. The van der Waals surface area contributed by atoms with Gasteiger partial charge in [-0.3, -0.25) is 0 Å². The molecular weight excluding hydrogens is 483 g/mol. The molecule has 7 nitrogen and oxygen atoms in total. The van der Waals surface area contributed by atoms with Gasteiger partial charge in [0.2, 0.25) is 5.79 Å². The summed E-state index contributed by atoms with van der Waals surface area (Å²) in [6, 6.07) is 4.36. The van der Waals surface area contributed by atoms with E-state index in [2.05, 4.69) is 19.6 Å². The molecule has 2 aromatic rings. The average Bonchev–Trinajstić information content (AvgIpc) is 3.29. The number of ether oxygens (including phenoxy) is 4. The Hall–Kier alpha value is -1.64. The van der Waals surface area contributed by atoms with E-state index >= 15 is 0 Å². The number of hydrogen-bond acceptors (Lipinski definition) is 6. The Bertz CT molecular complexity index is 889. The molecule has 31 heavy (non-hydrogen) atoms. The lowest BCUT2D eigenvalue weighted by atomic mass is 10.1. The van der Waals surface area contributed by atoms with Crippen molar-refractivity contribution in [3.8, 4) is 0 Å². The molecule has 0 bridgehead atoms.